The minimum atomic E-state index is -3.30. The lowest BCUT2D eigenvalue weighted by atomic mass is 10.0. The summed E-state index contributed by atoms with van der Waals surface area (Å²) in [5.41, 5.74) is 0.413. The fraction of sp³-hybridized carbons (Fsp3) is 0.647. The molecular weight excluding hydrogens is 334 g/mol. The van der Waals surface area contributed by atoms with Crippen molar-refractivity contribution in [1.82, 2.24) is 4.31 Å². The van der Waals surface area contributed by atoms with Crippen molar-refractivity contribution in [2.75, 3.05) is 13.2 Å². The summed E-state index contributed by atoms with van der Waals surface area (Å²) >= 11 is 6.06. The lowest BCUT2D eigenvalue weighted by molar-refractivity contribution is -0.0658. The van der Waals surface area contributed by atoms with Crippen LogP contribution in [0.25, 0.3) is 0 Å². The third-order valence-electron chi connectivity index (χ3n) is 4.90. The molecule has 2 aliphatic rings. The standard InChI is InChI=1S/C17H24ClNO3S/c1-17(2)12-22-16(13-6-5-7-14(18)10-13)11-19(17)23(20,21)15-8-3-4-9-15/h5-7,10,15-16H,3-4,8-9,11-12H2,1-2H3. The van der Waals surface area contributed by atoms with Crippen molar-refractivity contribution in [2.24, 2.45) is 0 Å². The number of hydrogen-bond donors (Lipinski definition) is 0. The Balaban J connectivity index is 1.88. The average Bonchev–Trinajstić information content (AvgIpc) is 3.01. The Bertz CT molecular complexity index is 668. The molecule has 1 heterocycles. The van der Waals surface area contributed by atoms with E-state index < -0.39 is 15.6 Å². The molecule has 0 radical (unpaired) electrons. The number of nitrogens with zero attached hydrogens (tertiary/aromatic N) is 1. The van der Waals surface area contributed by atoms with E-state index >= 15 is 0 Å². The summed E-state index contributed by atoms with van der Waals surface area (Å²) < 4.78 is 33.8. The molecule has 6 heteroatoms. The minimum Gasteiger partial charge on any atom is -0.370 e. The molecule has 1 aromatic carbocycles. The fourth-order valence-corrected chi connectivity index (χ4v) is 6.12. The molecule has 1 saturated heterocycles. The van der Waals surface area contributed by atoms with Crippen molar-refractivity contribution < 1.29 is 13.2 Å². The van der Waals surface area contributed by atoms with Gasteiger partial charge in [0.05, 0.1) is 23.5 Å². The first-order chi connectivity index (χ1) is 10.8. The van der Waals surface area contributed by atoms with Gasteiger partial charge in [-0.1, -0.05) is 36.6 Å². The molecule has 1 aliphatic heterocycles. The van der Waals surface area contributed by atoms with Crippen molar-refractivity contribution >= 4 is 21.6 Å². The van der Waals surface area contributed by atoms with E-state index in [1.54, 1.807) is 4.31 Å². The third kappa shape index (κ3) is 3.43. The van der Waals surface area contributed by atoms with Gasteiger partial charge in [0.15, 0.2) is 0 Å². The van der Waals surface area contributed by atoms with Crippen LogP contribution in [0.4, 0.5) is 0 Å². The molecule has 23 heavy (non-hydrogen) atoms. The van der Waals surface area contributed by atoms with Crippen LogP contribution in [0.5, 0.6) is 0 Å². The molecule has 2 fully saturated rings. The maximum absolute atomic E-state index is 13.1. The minimum absolute atomic E-state index is 0.236. The van der Waals surface area contributed by atoms with Crippen LogP contribution in [0.15, 0.2) is 24.3 Å². The first-order valence-corrected chi connectivity index (χ1v) is 10.1. The lowest BCUT2D eigenvalue weighted by Gasteiger charge is -2.45. The Labute approximate surface area is 143 Å². The Hall–Kier alpha value is -0.620. The van der Waals surface area contributed by atoms with E-state index in [-0.39, 0.29) is 11.4 Å². The summed E-state index contributed by atoms with van der Waals surface area (Å²) in [6.45, 7) is 4.61. The Morgan fingerprint density at radius 3 is 2.61 bits per heavy atom. The normalized spacial score (nSPS) is 26.5. The summed E-state index contributed by atoms with van der Waals surface area (Å²) in [6.07, 6.45) is 3.30. The number of rotatable bonds is 3. The van der Waals surface area contributed by atoms with Crippen LogP contribution in [0, 0.1) is 0 Å². The number of morpholine rings is 1. The SMILES string of the molecule is CC1(C)COC(c2cccc(Cl)c2)CN1S(=O)(=O)C1CCCC1. The molecule has 1 atom stereocenters. The third-order valence-corrected chi connectivity index (χ3v) is 7.70. The quantitative estimate of drug-likeness (QED) is 0.827. The summed E-state index contributed by atoms with van der Waals surface area (Å²) in [7, 11) is -3.30. The highest BCUT2D eigenvalue weighted by molar-refractivity contribution is 7.89. The zero-order valence-corrected chi connectivity index (χ0v) is 15.2. The van der Waals surface area contributed by atoms with Crippen molar-refractivity contribution in [3.8, 4) is 0 Å². The van der Waals surface area contributed by atoms with Gasteiger partial charge in [-0.2, -0.15) is 4.31 Å². The Morgan fingerprint density at radius 1 is 1.26 bits per heavy atom. The van der Waals surface area contributed by atoms with Crippen molar-refractivity contribution in [1.29, 1.82) is 0 Å². The molecule has 1 aliphatic carbocycles. The number of sulfonamides is 1. The van der Waals surface area contributed by atoms with Gasteiger partial charge >= 0.3 is 0 Å². The number of benzene rings is 1. The summed E-state index contributed by atoms with van der Waals surface area (Å²) in [5, 5.41) is 0.404. The van der Waals surface area contributed by atoms with Crippen LogP contribution in [0.1, 0.15) is 51.2 Å². The van der Waals surface area contributed by atoms with Gasteiger partial charge in [0, 0.05) is 11.6 Å². The van der Waals surface area contributed by atoms with E-state index in [0.29, 0.717) is 18.2 Å². The van der Waals surface area contributed by atoms with Crippen LogP contribution in [0.3, 0.4) is 0 Å². The molecule has 0 spiro atoms. The van der Waals surface area contributed by atoms with Gasteiger partial charge in [0.1, 0.15) is 0 Å². The molecule has 3 rings (SSSR count). The second kappa shape index (κ2) is 6.36. The first-order valence-electron chi connectivity index (χ1n) is 8.19. The molecule has 1 aromatic rings. The monoisotopic (exact) mass is 357 g/mol. The topological polar surface area (TPSA) is 46.6 Å². The summed E-state index contributed by atoms with van der Waals surface area (Å²) in [5.74, 6) is 0. The van der Waals surface area contributed by atoms with Crippen LogP contribution < -0.4 is 0 Å². The second-order valence-corrected chi connectivity index (χ2v) is 9.72. The molecule has 1 saturated carbocycles. The lowest BCUT2D eigenvalue weighted by Crippen LogP contribution is -2.57. The van der Waals surface area contributed by atoms with E-state index in [4.69, 9.17) is 16.3 Å². The molecule has 128 valence electrons. The van der Waals surface area contributed by atoms with E-state index in [9.17, 15) is 8.42 Å². The second-order valence-electron chi connectivity index (χ2n) is 7.15. The molecule has 0 N–H and O–H groups in total. The van der Waals surface area contributed by atoms with Crippen molar-refractivity contribution in [3.05, 3.63) is 34.9 Å². The van der Waals surface area contributed by atoms with Gasteiger partial charge in [0.25, 0.3) is 0 Å². The highest BCUT2D eigenvalue weighted by atomic mass is 35.5. The molecule has 0 amide bonds. The highest BCUT2D eigenvalue weighted by Crippen LogP contribution is 2.37. The van der Waals surface area contributed by atoms with Crippen LogP contribution >= 0.6 is 11.6 Å². The Kier molecular flexibility index (Phi) is 4.76. The summed E-state index contributed by atoms with van der Waals surface area (Å²) in [4.78, 5) is 0. The zero-order valence-electron chi connectivity index (χ0n) is 13.7. The van der Waals surface area contributed by atoms with Gasteiger partial charge in [-0.25, -0.2) is 8.42 Å². The van der Waals surface area contributed by atoms with Crippen LogP contribution in [0.2, 0.25) is 5.02 Å². The van der Waals surface area contributed by atoms with Crippen LogP contribution in [-0.4, -0.2) is 36.7 Å². The fourth-order valence-electron chi connectivity index (χ4n) is 3.55. The predicted molar refractivity (Wildman–Crippen MR) is 92.1 cm³/mol. The maximum Gasteiger partial charge on any atom is 0.217 e. The predicted octanol–water partition coefficient (Wildman–Crippen LogP) is 3.76. The largest absolute Gasteiger partial charge is 0.370 e. The molecule has 1 unspecified atom stereocenters. The maximum atomic E-state index is 13.1. The molecule has 0 bridgehead atoms. The zero-order chi connectivity index (χ0) is 16.7. The van der Waals surface area contributed by atoms with Crippen molar-refractivity contribution in [3.63, 3.8) is 0 Å². The van der Waals surface area contributed by atoms with Gasteiger partial charge in [-0.05, 0) is 44.4 Å². The van der Waals surface area contributed by atoms with E-state index in [1.807, 2.05) is 38.1 Å². The van der Waals surface area contributed by atoms with E-state index in [1.165, 1.54) is 0 Å². The van der Waals surface area contributed by atoms with E-state index in [0.717, 1.165) is 31.2 Å². The van der Waals surface area contributed by atoms with E-state index in [2.05, 4.69) is 0 Å². The molecule has 0 aromatic heterocycles. The van der Waals surface area contributed by atoms with Gasteiger partial charge in [-0.3, -0.25) is 0 Å². The van der Waals surface area contributed by atoms with Gasteiger partial charge in [0.2, 0.25) is 10.0 Å². The average molecular weight is 358 g/mol. The number of hydrogen-bond acceptors (Lipinski definition) is 3. The molecule has 4 nitrogen and oxygen atoms in total. The van der Waals surface area contributed by atoms with Crippen molar-refractivity contribution in [2.45, 2.75) is 56.4 Å². The highest BCUT2D eigenvalue weighted by Gasteiger charge is 2.46. The number of ether oxygens (including phenoxy) is 1. The summed E-state index contributed by atoms with van der Waals surface area (Å²) in [6, 6.07) is 7.47. The Morgan fingerprint density at radius 2 is 1.96 bits per heavy atom. The van der Waals surface area contributed by atoms with Crippen LogP contribution in [-0.2, 0) is 14.8 Å². The van der Waals surface area contributed by atoms with Gasteiger partial charge < -0.3 is 4.74 Å². The smallest absolute Gasteiger partial charge is 0.217 e. The molecular formula is C17H24ClNO3S. The number of halogens is 1. The van der Waals surface area contributed by atoms with Gasteiger partial charge in [-0.15, -0.1) is 0 Å². The first kappa shape index (κ1) is 17.2.